The smallest absolute Gasteiger partial charge is 0.253 e. The lowest BCUT2D eigenvalue weighted by Crippen LogP contribution is -2.48. The molecule has 0 aromatic heterocycles. The fourth-order valence-electron chi connectivity index (χ4n) is 4.57. The van der Waals surface area contributed by atoms with Crippen LogP contribution in [0.3, 0.4) is 0 Å². The van der Waals surface area contributed by atoms with Gasteiger partial charge in [-0.3, -0.25) is 14.4 Å². The predicted octanol–water partition coefficient (Wildman–Crippen LogP) is 2.85. The fraction of sp³-hybridized carbons (Fsp3) is 0.423. The van der Waals surface area contributed by atoms with Crippen molar-refractivity contribution in [3.63, 3.8) is 0 Å². The lowest BCUT2D eigenvalue weighted by atomic mass is 10.1. The zero-order chi connectivity index (χ0) is 24.2. The molecule has 34 heavy (non-hydrogen) atoms. The normalized spacial score (nSPS) is 18.4. The number of nitrogens with zero attached hydrogens (tertiary/aromatic N) is 3. The van der Waals surface area contributed by atoms with E-state index in [2.05, 4.69) is 10.2 Å². The Morgan fingerprint density at radius 2 is 1.68 bits per heavy atom. The molecule has 0 radical (unpaired) electrons. The van der Waals surface area contributed by atoms with E-state index in [0.29, 0.717) is 30.9 Å². The first-order chi connectivity index (χ1) is 16.4. The third-order valence-corrected chi connectivity index (χ3v) is 6.54. The van der Waals surface area contributed by atoms with Crippen LogP contribution in [-0.4, -0.2) is 73.4 Å². The second kappa shape index (κ2) is 10.2. The first kappa shape index (κ1) is 23.6. The van der Waals surface area contributed by atoms with Crippen molar-refractivity contribution in [2.45, 2.75) is 26.3 Å². The van der Waals surface area contributed by atoms with Crippen LogP contribution in [-0.2, 0) is 9.59 Å². The van der Waals surface area contributed by atoms with Crippen molar-refractivity contribution in [2.75, 3.05) is 50.1 Å². The summed E-state index contributed by atoms with van der Waals surface area (Å²) in [6, 6.07) is 15.0. The number of hydrogen-bond donors (Lipinski definition) is 1. The number of rotatable bonds is 6. The van der Waals surface area contributed by atoms with Gasteiger partial charge in [-0.15, -0.1) is 0 Å². The van der Waals surface area contributed by atoms with Crippen molar-refractivity contribution in [1.29, 1.82) is 0 Å². The van der Waals surface area contributed by atoms with Crippen LogP contribution in [0.4, 0.5) is 11.4 Å². The van der Waals surface area contributed by atoms with Crippen molar-refractivity contribution in [2.24, 2.45) is 5.92 Å². The molecule has 1 atom stereocenters. The average Bonchev–Trinajstić information content (AvgIpc) is 3.26. The lowest BCUT2D eigenvalue weighted by Gasteiger charge is -2.36. The maximum absolute atomic E-state index is 13.0. The van der Waals surface area contributed by atoms with E-state index in [0.717, 1.165) is 24.5 Å². The summed E-state index contributed by atoms with van der Waals surface area (Å²) < 4.78 is 5.46. The number of para-hydroxylation sites is 2. The summed E-state index contributed by atoms with van der Waals surface area (Å²) >= 11 is 0. The molecular weight excluding hydrogens is 432 g/mol. The number of hydrogen-bond acceptors (Lipinski definition) is 5. The van der Waals surface area contributed by atoms with Gasteiger partial charge in [0.05, 0.1) is 18.7 Å². The summed E-state index contributed by atoms with van der Waals surface area (Å²) in [6.07, 6.45) is 0.238. The van der Waals surface area contributed by atoms with Crippen LogP contribution < -0.4 is 15.0 Å². The molecule has 4 rings (SSSR count). The molecular formula is C26H32N4O4. The Labute approximate surface area is 200 Å². The molecule has 3 amide bonds. The molecule has 8 nitrogen and oxygen atoms in total. The van der Waals surface area contributed by atoms with Crippen molar-refractivity contribution in [3.05, 3.63) is 54.1 Å². The van der Waals surface area contributed by atoms with Gasteiger partial charge in [0.2, 0.25) is 11.8 Å². The molecule has 8 heteroatoms. The largest absolute Gasteiger partial charge is 0.495 e. The van der Waals surface area contributed by atoms with Gasteiger partial charge in [0.15, 0.2) is 0 Å². The van der Waals surface area contributed by atoms with Crippen molar-refractivity contribution >= 4 is 29.1 Å². The number of nitrogens with one attached hydrogen (secondary N) is 1. The molecule has 0 bridgehead atoms. The van der Waals surface area contributed by atoms with Gasteiger partial charge in [0.1, 0.15) is 5.75 Å². The number of ether oxygens (including phenoxy) is 1. The molecule has 2 aliphatic heterocycles. The van der Waals surface area contributed by atoms with Gasteiger partial charge in [0, 0.05) is 56.4 Å². The highest BCUT2D eigenvalue weighted by Crippen LogP contribution is 2.28. The number of carbonyl (C=O) groups is 3. The van der Waals surface area contributed by atoms with E-state index in [9.17, 15) is 14.4 Å². The number of benzene rings is 2. The van der Waals surface area contributed by atoms with Gasteiger partial charge in [-0.2, -0.15) is 0 Å². The number of methoxy groups -OCH3 is 1. The topological polar surface area (TPSA) is 82.2 Å². The summed E-state index contributed by atoms with van der Waals surface area (Å²) in [4.78, 5) is 43.5. The number of carbonyl (C=O) groups excluding carboxylic acids is 3. The van der Waals surface area contributed by atoms with Crippen LogP contribution in [0, 0.1) is 5.92 Å². The molecule has 2 heterocycles. The summed E-state index contributed by atoms with van der Waals surface area (Å²) in [6.45, 7) is 7.05. The highest BCUT2D eigenvalue weighted by molar-refractivity contribution is 5.98. The molecule has 1 unspecified atom stereocenters. The Kier molecular flexibility index (Phi) is 7.05. The monoisotopic (exact) mass is 464 g/mol. The Bertz CT molecular complexity index is 1050. The first-order valence-electron chi connectivity index (χ1n) is 11.7. The third kappa shape index (κ3) is 5.00. The van der Waals surface area contributed by atoms with Crippen molar-refractivity contribution in [1.82, 2.24) is 9.80 Å². The summed E-state index contributed by atoms with van der Waals surface area (Å²) in [5.41, 5.74) is 2.25. The molecule has 2 aliphatic rings. The predicted molar refractivity (Wildman–Crippen MR) is 131 cm³/mol. The van der Waals surface area contributed by atoms with Crippen molar-refractivity contribution < 1.29 is 19.1 Å². The minimum absolute atomic E-state index is 0.0156. The maximum Gasteiger partial charge on any atom is 0.253 e. The average molecular weight is 465 g/mol. The Hall–Kier alpha value is -3.55. The summed E-state index contributed by atoms with van der Waals surface area (Å²) in [5, 5.41) is 2.88. The first-order valence-corrected chi connectivity index (χ1v) is 11.7. The Morgan fingerprint density at radius 3 is 2.29 bits per heavy atom. The van der Waals surface area contributed by atoms with Crippen LogP contribution in [0.25, 0.3) is 0 Å². The van der Waals surface area contributed by atoms with Gasteiger partial charge in [-0.1, -0.05) is 12.1 Å². The Balaban J connectivity index is 1.31. The number of likely N-dealkylation sites (tertiary alicyclic amines) is 1. The van der Waals surface area contributed by atoms with Gasteiger partial charge < -0.3 is 24.8 Å². The lowest BCUT2D eigenvalue weighted by molar-refractivity contribution is -0.129. The second-order valence-corrected chi connectivity index (χ2v) is 9.06. The SMILES string of the molecule is COc1ccccc1N1CCN(C(=O)c2ccc(NC(=O)C3CC(=O)N(C(C)C)C3)cc2)CC1. The highest BCUT2D eigenvalue weighted by atomic mass is 16.5. The Morgan fingerprint density at radius 1 is 1.00 bits per heavy atom. The second-order valence-electron chi connectivity index (χ2n) is 9.06. The molecule has 1 N–H and O–H groups in total. The van der Waals surface area contributed by atoms with E-state index in [1.165, 1.54) is 0 Å². The van der Waals surface area contributed by atoms with E-state index in [-0.39, 0.29) is 36.1 Å². The van der Waals surface area contributed by atoms with E-state index < -0.39 is 0 Å². The fourth-order valence-corrected chi connectivity index (χ4v) is 4.57. The van der Waals surface area contributed by atoms with E-state index in [4.69, 9.17) is 4.74 Å². The highest BCUT2D eigenvalue weighted by Gasteiger charge is 2.35. The molecule has 0 saturated carbocycles. The zero-order valence-electron chi connectivity index (χ0n) is 20.0. The van der Waals surface area contributed by atoms with E-state index in [1.807, 2.05) is 43.0 Å². The number of amides is 3. The molecule has 2 aromatic carbocycles. The molecule has 0 aliphatic carbocycles. The maximum atomic E-state index is 13.0. The summed E-state index contributed by atoms with van der Waals surface area (Å²) in [7, 11) is 1.66. The number of piperazine rings is 1. The minimum atomic E-state index is -0.351. The zero-order valence-corrected chi connectivity index (χ0v) is 20.0. The standard InChI is InChI=1S/C26H32N4O4/c1-18(2)30-17-20(16-24(30)31)25(32)27-21-10-8-19(9-11-21)26(33)29-14-12-28(13-15-29)22-6-4-5-7-23(22)34-3/h4-11,18,20H,12-17H2,1-3H3,(H,27,32). The number of anilines is 2. The third-order valence-electron chi connectivity index (χ3n) is 6.54. The van der Waals surface area contributed by atoms with Gasteiger partial charge in [-0.05, 0) is 50.2 Å². The molecule has 2 aromatic rings. The van der Waals surface area contributed by atoms with Crippen LogP contribution in [0.2, 0.25) is 0 Å². The van der Waals surface area contributed by atoms with Gasteiger partial charge >= 0.3 is 0 Å². The van der Waals surface area contributed by atoms with Crippen LogP contribution in [0.5, 0.6) is 5.75 Å². The van der Waals surface area contributed by atoms with Crippen LogP contribution >= 0.6 is 0 Å². The van der Waals surface area contributed by atoms with Crippen LogP contribution in [0.1, 0.15) is 30.6 Å². The van der Waals surface area contributed by atoms with Gasteiger partial charge in [0.25, 0.3) is 5.91 Å². The van der Waals surface area contributed by atoms with E-state index >= 15 is 0 Å². The van der Waals surface area contributed by atoms with Crippen LogP contribution in [0.15, 0.2) is 48.5 Å². The molecule has 180 valence electrons. The quantitative estimate of drug-likeness (QED) is 0.711. The summed E-state index contributed by atoms with van der Waals surface area (Å²) in [5.74, 6) is 0.311. The van der Waals surface area contributed by atoms with Gasteiger partial charge in [-0.25, -0.2) is 0 Å². The molecule has 2 fully saturated rings. The molecule has 2 saturated heterocycles. The van der Waals surface area contributed by atoms with Crippen molar-refractivity contribution in [3.8, 4) is 5.75 Å². The minimum Gasteiger partial charge on any atom is -0.495 e. The van der Waals surface area contributed by atoms with E-state index in [1.54, 1.807) is 36.3 Å². The molecule has 0 spiro atoms.